The molecule has 21 heavy (non-hydrogen) atoms. The zero-order valence-electron chi connectivity index (χ0n) is 12.2. The highest BCUT2D eigenvalue weighted by atomic mass is 16.4. The van der Waals surface area contributed by atoms with E-state index in [4.69, 9.17) is 16.0 Å². The lowest BCUT2D eigenvalue weighted by Gasteiger charge is -2.22. The number of amidine groups is 1. The largest absolute Gasteiger partial charge is 0.409 e. The molecule has 2 heterocycles. The first-order valence-corrected chi connectivity index (χ1v) is 7.40. The number of oxime groups is 1. The van der Waals surface area contributed by atoms with Crippen molar-refractivity contribution < 1.29 is 5.21 Å². The van der Waals surface area contributed by atoms with E-state index in [1.54, 1.807) is 0 Å². The Morgan fingerprint density at radius 2 is 2.29 bits per heavy atom. The molecule has 1 aliphatic heterocycles. The molecular formula is C15H21N5O. The van der Waals surface area contributed by atoms with Gasteiger partial charge in [0, 0.05) is 18.5 Å². The van der Waals surface area contributed by atoms with Gasteiger partial charge in [-0.2, -0.15) is 5.10 Å². The van der Waals surface area contributed by atoms with Gasteiger partial charge in [-0.3, -0.25) is 9.58 Å². The van der Waals surface area contributed by atoms with Crippen LogP contribution in [0.1, 0.15) is 25.5 Å². The van der Waals surface area contributed by atoms with E-state index in [-0.39, 0.29) is 6.04 Å². The Kier molecular flexibility index (Phi) is 3.79. The smallest absolute Gasteiger partial charge is 0.156 e. The fourth-order valence-electron chi connectivity index (χ4n) is 3.16. The number of aryl methyl sites for hydroxylation is 1. The second-order valence-corrected chi connectivity index (χ2v) is 5.43. The van der Waals surface area contributed by atoms with E-state index in [0.717, 1.165) is 43.7 Å². The van der Waals surface area contributed by atoms with Crippen molar-refractivity contribution in [2.75, 3.05) is 6.54 Å². The van der Waals surface area contributed by atoms with Gasteiger partial charge in [-0.15, -0.1) is 0 Å². The summed E-state index contributed by atoms with van der Waals surface area (Å²) in [6, 6.07) is 8.30. The Hall–Kier alpha value is -2.08. The van der Waals surface area contributed by atoms with E-state index in [1.807, 2.05) is 16.8 Å². The lowest BCUT2D eigenvalue weighted by Crippen LogP contribution is -2.40. The average molecular weight is 287 g/mol. The van der Waals surface area contributed by atoms with Crippen LogP contribution in [0.5, 0.6) is 0 Å². The maximum Gasteiger partial charge on any atom is 0.156 e. The number of aromatic nitrogens is 2. The molecule has 0 bridgehead atoms. The predicted molar refractivity (Wildman–Crippen MR) is 82.2 cm³/mol. The van der Waals surface area contributed by atoms with Crippen molar-refractivity contribution in [1.82, 2.24) is 14.7 Å². The number of nitrogens with two attached hydrogens (primary N) is 1. The number of nitrogens with zero attached hydrogens (tertiary/aromatic N) is 4. The van der Waals surface area contributed by atoms with Crippen molar-refractivity contribution >= 4 is 16.7 Å². The summed E-state index contributed by atoms with van der Waals surface area (Å²) < 4.78 is 2.03. The highest BCUT2D eigenvalue weighted by Crippen LogP contribution is 2.24. The topological polar surface area (TPSA) is 79.7 Å². The molecule has 1 fully saturated rings. The minimum Gasteiger partial charge on any atom is -0.409 e. The molecule has 0 amide bonds. The molecule has 2 aromatic rings. The highest BCUT2D eigenvalue weighted by Gasteiger charge is 2.29. The maximum atomic E-state index is 8.91. The fourth-order valence-corrected chi connectivity index (χ4v) is 3.16. The molecule has 1 atom stereocenters. The van der Waals surface area contributed by atoms with Crippen LogP contribution < -0.4 is 5.73 Å². The Labute approximate surface area is 123 Å². The monoisotopic (exact) mass is 287 g/mol. The zero-order chi connectivity index (χ0) is 14.8. The number of rotatable bonds is 4. The second-order valence-electron chi connectivity index (χ2n) is 5.43. The average Bonchev–Trinajstić information content (AvgIpc) is 3.12. The van der Waals surface area contributed by atoms with Gasteiger partial charge in [0.2, 0.25) is 0 Å². The normalized spacial score (nSPS) is 20.4. The fraction of sp³-hybridized carbons (Fsp3) is 0.467. The molecule has 3 N–H and O–H groups in total. The van der Waals surface area contributed by atoms with Crippen LogP contribution >= 0.6 is 0 Å². The van der Waals surface area contributed by atoms with Crippen LogP contribution in [-0.2, 0) is 13.1 Å². The van der Waals surface area contributed by atoms with Gasteiger partial charge >= 0.3 is 0 Å². The molecule has 0 spiro atoms. The van der Waals surface area contributed by atoms with Crippen LogP contribution in [0, 0.1) is 0 Å². The van der Waals surface area contributed by atoms with Gasteiger partial charge in [-0.05, 0) is 32.4 Å². The van der Waals surface area contributed by atoms with Gasteiger partial charge in [0.25, 0.3) is 0 Å². The number of benzene rings is 1. The van der Waals surface area contributed by atoms with Gasteiger partial charge < -0.3 is 10.9 Å². The Bertz CT molecular complexity index is 663. The van der Waals surface area contributed by atoms with E-state index in [2.05, 4.69) is 29.1 Å². The first kappa shape index (κ1) is 13.9. The molecule has 0 saturated carbocycles. The lowest BCUT2D eigenvalue weighted by molar-refractivity contribution is 0.272. The minimum atomic E-state index is 0.0144. The molecule has 6 heteroatoms. The molecule has 1 aromatic carbocycles. The summed E-state index contributed by atoms with van der Waals surface area (Å²) in [5.74, 6) is 0.298. The van der Waals surface area contributed by atoms with Crippen molar-refractivity contribution in [3.05, 3.63) is 30.0 Å². The predicted octanol–water partition coefficient (Wildman–Crippen LogP) is 1.77. The lowest BCUT2D eigenvalue weighted by atomic mass is 10.1. The molecule has 1 aliphatic rings. The van der Waals surface area contributed by atoms with Crippen LogP contribution in [0.3, 0.4) is 0 Å². The standard InChI is InChI=1S/C15H21N5O/c1-2-20-13-7-4-3-6-11(13)12(17-20)10-19-9-5-8-14(19)15(16)18-21/h3-4,6-7,14,21H,2,5,8-10H2,1H3,(H2,16,18). The summed E-state index contributed by atoms with van der Waals surface area (Å²) >= 11 is 0. The highest BCUT2D eigenvalue weighted by molar-refractivity contribution is 5.85. The van der Waals surface area contributed by atoms with E-state index in [0.29, 0.717) is 5.84 Å². The van der Waals surface area contributed by atoms with Gasteiger partial charge in [0.05, 0.1) is 17.3 Å². The maximum absolute atomic E-state index is 8.91. The number of likely N-dealkylation sites (tertiary alicyclic amines) is 1. The number of fused-ring (bicyclic) bond motifs is 1. The molecule has 112 valence electrons. The van der Waals surface area contributed by atoms with Gasteiger partial charge in [0.1, 0.15) is 0 Å². The summed E-state index contributed by atoms with van der Waals surface area (Å²) in [4.78, 5) is 2.24. The minimum absolute atomic E-state index is 0.0144. The van der Waals surface area contributed by atoms with Crippen LogP contribution in [0.15, 0.2) is 29.4 Å². The number of para-hydroxylation sites is 1. The number of hydrogen-bond acceptors (Lipinski definition) is 4. The van der Waals surface area contributed by atoms with E-state index < -0.39 is 0 Å². The van der Waals surface area contributed by atoms with E-state index >= 15 is 0 Å². The van der Waals surface area contributed by atoms with E-state index in [9.17, 15) is 0 Å². The molecule has 1 unspecified atom stereocenters. The van der Waals surface area contributed by atoms with E-state index in [1.165, 1.54) is 5.39 Å². The summed E-state index contributed by atoms with van der Waals surface area (Å²) in [5.41, 5.74) is 8.02. The van der Waals surface area contributed by atoms with Gasteiger partial charge in [0.15, 0.2) is 5.84 Å². The molecule has 1 aromatic heterocycles. The Morgan fingerprint density at radius 1 is 1.48 bits per heavy atom. The molecule has 1 saturated heterocycles. The third kappa shape index (κ3) is 2.47. The summed E-state index contributed by atoms with van der Waals surface area (Å²) in [6.45, 7) is 4.63. The van der Waals surface area contributed by atoms with Crippen LogP contribution in [0.25, 0.3) is 10.9 Å². The van der Waals surface area contributed by atoms with Crippen LogP contribution in [-0.4, -0.2) is 38.3 Å². The van der Waals surface area contributed by atoms with Crippen LogP contribution in [0.4, 0.5) is 0 Å². The second kappa shape index (κ2) is 5.73. The van der Waals surface area contributed by atoms with Crippen molar-refractivity contribution in [1.29, 1.82) is 0 Å². The quantitative estimate of drug-likeness (QED) is 0.389. The Balaban J connectivity index is 1.91. The third-order valence-corrected chi connectivity index (χ3v) is 4.21. The van der Waals surface area contributed by atoms with Crippen molar-refractivity contribution in [3.63, 3.8) is 0 Å². The first-order chi connectivity index (χ1) is 10.2. The van der Waals surface area contributed by atoms with Crippen molar-refractivity contribution in [2.24, 2.45) is 10.9 Å². The van der Waals surface area contributed by atoms with Crippen molar-refractivity contribution in [2.45, 2.75) is 38.9 Å². The summed E-state index contributed by atoms with van der Waals surface area (Å²) in [5, 5.41) is 18.0. The molecule has 0 aliphatic carbocycles. The SMILES string of the molecule is CCn1nc(CN2CCCC2C(N)=NO)c2ccccc21. The van der Waals surface area contributed by atoms with Crippen molar-refractivity contribution in [3.8, 4) is 0 Å². The first-order valence-electron chi connectivity index (χ1n) is 7.40. The zero-order valence-corrected chi connectivity index (χ0v) is 12.2. The van der Waals surface area contributed by atoms with Gasteiger partial charge in [-0.1, -0.05) is 23.4 Å². The molecule has 6 nitrogen and oxygen atoms in total. The van der Waals surface area contributed by atoms with Crippen LogP contribution in [0.2, 0.25) is 0 Å². The number of hydrogen-bond donors (Lipinski definition) is 2. The summed E-state index contributed by atoms with van der Waals surface area (Å²) in [7, 11) is 0. The summed E-state index contributed by atoms with van der Waals surface area (Å²) in [6.07, 6.45) is 2.00. The molecular weight excluding hydrogens is 266 g/mol. The third-order valence-electron chi connectivity index (χ3n) is 4.21. The molecule has 3 rings (SSSR count). The van der Waals surface area contributed by atoms with Gasteiger partial charge in [-0.25, -0.2) is 0 Å². The Morgan fingerprint density at radius 3 is 3.05 bits per heavy atom. The molecule has 0 radical (unpaired) electrons.